The second-order valence-electron chi connectivity index (χ2n) is 5.89. The van der Waals surface area contributed by atoms with Crippen molar-refractivity contribution in [1.82, 2.24) is 10.2 Å². The number of halogens is 1. The third-order valence-electron chi connectivity index (χ3n) is 4.09. The summed E-state index contributed by atoms with van der Waals surface area (Å²) in [5, 5.41) is 8.48. The zero-order chi connectivity index (χ0) is 13.8. The van der Waals surface area contributed by atoms with Crippen LogP contribution >= 0.6 is 11.6 Å². The SMILES string of the molecule is CC1(C)OB(c2ccc3cn[nH]c3c2Cl)OC1(C)C. The van der Waals surface area contributed by atoms with Crippen molar-refractivity contribution in [2.75, 3.05) is 0 Å². The lowest BCUT2D eigenvalue weighted by molar-refractivity contribution is 0.00578. The topological polar surface area (TPSA) is 47.1 Å². The monoisotopic (exact) mass is 278 g/mol. The fourth-order valence-electron chi connectivity index (χ4n) is 2.15. The molecular formula is C13H16BClN2O2. The van der Waals surface area contributed by atoms with Gasteiger partial charge in [-0.1, -0.05) is 23.7 Å². The summed E-state index contributed by atoms with van der Waals surface area (Å²) in [5.41, 5.74) is 0.902. The lowest BCUT2D eigenvalue weighted by Crippen LogP contribution is -2.41. The minimum Gasteiger partial charge on any atom is -0.399 e. The molecule has 1 aliphatic heterocycles. The smallest absolute Gasteiger partial charge is 0.399 e. The highest BCUT2D eigenvalue weighted by atomic mass is 35.5. The van der Waals surface area contributed by atoms with Crippen LogP contribution in [0.2, 0.25) is 5.02 Å². The molecule has 0 atom stereocenters. The van der Waals surface area contributed by atoms with Crippen LogP contribution < -0.4 is 5.46 Å². The lowest BCUT2D eigenvalue weighted by atomic mass is 9.78. The van der Waals surface area contributed by atoms with Gasteiger partial charge in [0.05, 0.1) is 27.9 Å². The number of benzene rings is 1. The molecular weight excluding hydrogens is 262 g/mol. The van der Waals surface area contributed by atoms with Gasteiger partial charge < -0.3 is 9.31 Å². The van der Waals surface area contributed by atoms with Gasteiger partial charge in [-0.15, -0.1) is 0 Å². The van der Waals surface area contributed by atoms with Gasteiger partial charge >= 0.3 is 7.12 Å². The summed E-state index contributed by atoms with van der Waals surface area (Å²) in [7, 11) is -0.454. The number of hydrogen-bond donors (Lipinski definition) is 1. The summed E-state index contributed by atoms with van der Waals surface area (Å²) >= 11 is 6.42. The average Bonchev–Trinajstić information content (AvgIpc) is 2.83. The van der Waals surface area contributed by atoms with Crippen molar-refractivity contribution in [3.63, 3.8) is 0 Å². The Labute approximate surface area is 117 Å². The molecule has 100 valence electrons. The minimum absolute atomic E-state index is 0.371. The molecule has 0 spiro atoms. The van der Waals surface area contributed by atoms with Gasteiger partial charge in [0.15, 0.2) is 0 Å². The Bertz CT molecular complexity index is 623. The second-order valence-corrected chi connectivity index (χ2v) is 6.27. The molecule has 3 rings (SSSR count). The Morgan fingerprint density at radius 2 is 1.79 bits per heavy atom. The molecule has 4 nitrogen and oxygen atoms in total. The number of nitrogens with zero attached hydrogens (tertiary/aromatic N) is 1. The van der Waals surface area contributed by atoms with Crippen LogP contribution in [0.1, 0.15) is 27.7 Å². The van der Waals surface area contributed by atoms with Crippen molar-refractivity contribution in [2.24, 2.45) is 0 Å². The molecule has 1 N–H and O–H groups in total. The average molecular weight is 279 g/mol. The third-order valence-corrected chi connectivity index (χ3v) is 4.50. The van der Waals surface area contributed by atoms with Gasteiger partial charge in [0.2, 0.25) is 0 Å². The Balaban J connectivity index is 2.04. The van der Waals surface area contributed by atoms with Gasteiger partial charge in [-0.3, -0.25) is 5.10 Å². The molecule has 0 aliphatic carbocycles. The van der Waals surface area contributed by atoms with E-state index in [1.165, 1.54) is 0 Å². The second kappa shape index (κ2) is 3.98. The predicted molar refractivity (Wildman–Crippen MR) is 76.8 cm³/mol. The van der Waals surface area contributed by atoms with E-state index >= 15 is 0 Å². The Kier molecular flexibility index (Phi) is 2.72. The highest BCUT2D eigenvalue weighted by Gasteiger charge is 2.52. The van der Waals surface area contributed by atoms with Crippen molar-refractivity contribution in [3.8, 4) is 0 Å². The van der Waals surface area contributed by atoms with Crippen LogP contribution in [0.3, 0.4) is 0 Å². The highest BCUT2D eigenvalue weighted by molar-refractivity contribution is 6.66. The number of aromatic amines is 1. The highest BCUT2D eigenvalue weighted by Crippen LogP contribution is 2.37. The maximum Gasteiger partial charge on any atom is 0.496 e. The summed E-state index contributed by atoms with van der Waals surface area (Å²) < 4.78 is 12.0. The van der Waals surface area contributed by atoms with E-state index in [9.17, 15) is 0 Å². The van der Waals surface area contributed by atoms with Crippen LogP contribution in [0.25, 0.3) is 10.9 Å². The number of H-pyrrole nitrogens is 1. The third kappa shape index (κ3) is 1.88. The first-order valence-electron chi connectivity index (χ1n) is 6.29. The van der Waals surface area contributed by atoms with Crippen molar-refractivity contribution < 1.29 is 9.31 Å². The zero-order valence-corrected chi connectivity index (χ0v) is 12.2. The first-order chi connectivity index (χ1) is 8.82. The van der Waals surface area contributed by atoms with Gasteiger partial charge in [-0.05, 0) is 27.7 Å². The first-order valence-corrected chi connectivity index (χ1v) is 6.67. The molecule has 1 aromatic carbocycles. The quantitative estimate of drug-likeness (QED) is 0.815. The molecule has 0 radical (unpaired) electrons. The van der Waals surface area contributed by atoms with E-state index in [1.807, 2.05) is 39.8 Å². The van der Waals surface area contributed by atoms with Crippen LogP contribution in [0.5, 0.6) is 0 Å². The molecule has 0 amide bonds. The summed E-state index contributed by atoms with van der Waals surface area (Å²) in [6.07, 6.45) is 1.75. The van der Waals surface area contributed by atoms with Crippen LogP contribution in [0.15, 0.2) is 18.3 Å². The van der Waals surface area contributed by atoms with E-state index in [2.05, 4.69) is 10.2 Å². The largest absolute Gasteiger partial charge is 0.496 e. The molecule has 1 fully saturated rings. The van der Waals surface area contributed by atoms with Gasteiger partial charge in [0.1, 0.15) is 0 Å². The van der Waals surface area contributed by atoms with Crippen LogP contribution in [0, 0.1) is 0 Å². The maximum absolute atomic E-state index is 6.42. The lowest BCUT2D eigenvalue weighted by Gasteiger charge is -2.32. The Hall–Kier alpha value is -1.04. The van der Waals surface area contributed by atoms with Crippen LogP contribution in [-0.4, -0.2) is 28.5 Å². The van der Waals surface area contributed by atoms with Crippen molar-refractivity contribution in [1.29, 1.82) is 0 Å². The number of nitrogens with one attached hydrogen (secondary N) is 1. The van der Waals surface area contributed by atoms with Crippen molar-refractivity contribution >= 4 is 35.1 Å². The minimum atomic E-state index is -0.454. The van der Waals surface area contributed by atoms with E-state index < -0.39 is 7.12 Å². The van der Waals surface area contributed by atoms with Crippen molar-refractivity contribution in [3.05, 3.63) is 23.4 Å². The predicted octanol–water partition coefficient (Wildman–Crippen LogP) is 2.52. The van der Waals surface area contributed by atoms with E-state index in [0.717, 1.165) is 16.4 Å². The van der Waals surface area contributed by atoms with Gasteiger partial charge in [-0.25, -0.2) is 0 Å². The molecule has 1 saturated heterocycles. The van der Waals surface area contributed by atoms with Gasteiger partial charge in [0.25, 0.3) is 0 Å². The molecule has 1 aromatic heterocycles. The van der Waals surface area contributed by atoms with E-state index in [1.54, 1.807) is 6.20 Å². The fraction of sp³-hybridized carbons (Fsp3) is 0.462. The molecule has 0 bridgehead atoms. The molecule has 0 unspecified atom stereocenters. The van der Waals surface area contributed by atoms with Gasteiger partial charge in [-0.2, -0.15) is 5.10 Å². The van der Waals surface area contributed by atoms with Crippen molar-refractivity contribution in [2.45, 2.75) is 38.9 Å². The Morgan fingerprint density at radius 3 is 2.42 bits per heavy atom. The maximum atomic E-state index is 6.42. The summed E-state index contributed by atoms with van der Waals surface area (Å²) in [6, 6.07) is 3.90. The molecule has 0 saturated carbocycles. The van der Waals surface area contributed by atoms with Crippen LogP contribution in [0.4, 0.5) is 0 Å². The number of hydrogen-bond acceptors (Lipinski definition) is 3. The van der Waals surface area contributed by atoms with Crippen LogP contribution in [-0.2, 0) is 9.31 Å². The number of aromatic nitrogens is 2. The number of rotatable bonds is 1. The molecule has 2 aromatic rings. The molecule has 19 heavy (non-hydrogen) atoms. The Morgan fingerprint density at radius 1 is 1.16 bits per heavy atom. The van der Waals surface area contributed by atoms with E-state index in [0.29, 0.717) is 5.02 Å². The van der Waals surface area contributed by atoms with E-state index in [-0.39, 0.29) is 11.2 Å². The summed E-state index contributed by atoms with van der Waals surface area (Å²) in [6.45, 7) is 8.09. The van der Waals surface area contributed by atoms with Gasteiger partial charge in [0, 0.05) is 10.8 Å². The molecule has 2 heterocycles. The standard InChI is InChI=1S/C13H16BClN2O2/c1-12(2)13(3,4)19-14(18-12)9-6-5-8-7-16-17-11(8)10(9)15/h5-7H,1-4H3,(H,16,17). The summed E-state index contributed by atoms with van der Waals surface area (Å²) in [4.78, 5) is 0. The number of fused-ring (bicyclic) bond motifs is 1. The molecule has 6 heteroatoms. The van der Waals surface area contributed by atoms with E-state index in [4.69, 9.17) is 20.9 Å². The first kappa shape index (κ1) is 13.0. The molecule has 1 aliphatic rings. The normalized spacial score (nSPS) is 21.2. The fourth-order valence-corrected chi connectivity index (χ4v) is 2.45. The summed E-state index contributed by atoms with van der Waals surface area (Å²) in [5.74, 6) is 0. The zero-order valence-electron chi connectivity index (χ0n) is 11.5.